The first-order chi connectivity index (χ1) is 28.4. The molecule has 2 amide bonds. The van der Waals surface area contributed by atoms with Gasteiger partial charge in [0.15, 0.2) is 28.2 Å². The zero-order valence-corrected chi connectivity index (χ0v) is 32.5. The van der Waals surface area contributed by atoms with Crippen molar-refractivity contribution in [2.75, 3.05) is 18.0 Å². The number of hydrogen-bond donors (Lipinski definition) is 1. The first kappa shape index (κ1) is 41.5. The zero-order valence-electron chi connectivity index (χ0n) is 31.7. The van der Waals surface area contributed by atoms with Crippen molar-refractivity contribution in [1.29, 1.82) is 0 Å². The topological polar surface area (TPSA) is 105 Å². The molecule has 5 aromatic carbocycles. The molecule has 308 valence electrons. The number of hydrogen-bond acceptors (Lipinski definition) is 6. The molecular formula is C44H40F5N3O6S. The quantitative estimate of drug-likeness (QED) is 0.0520. The average Bonchev–Trinajstić information content (AvgIpc) is 3.23. The lowest BCUT2D eigenvalue weighted by Gasteiger charge is -2.39. The van der Waals surface area contributed by atoms with Crippen molar-refractivity contribution in [2.45, 2.75) is 62.7 Å². The molecule has 5 aromatic rings. The van der Waals surface area contributed by atoms with Gasteiger partial charge < -0.3 is 9.64 Å². The molecule has 1 heterocycles. The molecule has 15 heteroatoms. The Kier molecular flexibility index (Phi) is 12.7. The number of halogens is 5. The number of nitrogens with zero attached hydrogens (tertiary/aromatic N) is 2. The maximum absolute atomic E-state index is 14.6. The van der Waals surface area contributed by atoms with Crippen molar-refractivity contribution in [1.82, 2.24) is 9.79 Å². The Hall–Kier alpha value is -5.64. The largest absolute Gasteiger partial charge is 0.488 e. The maximum atomic E-state index is 14.6. The molecule has 1 N–H and O–H groups in total. The highest BCUT2D eigenvalue weighted by Crippen LogP contribution is 2.36. The van der Waals surface area contributed by atoms with E-state index < -0.39 is 74.8 Å². The molecule has 1 aliphatic heterocycles. The molecule has 0 aromatic heterocycles. The molecule has 1 aliphatic carbocycles. The van der Waals surface area contributed by atoms with Gasteiger partial charge >= 0.3 is 0 Å². The standard InChI is InChI=1S/C44H40F5N3O6S/c45-37-38(46)40(48)42(41(49)39(37)47)59(55,56)51-24-33(25-51)44(54)52(23-28-16-18-32(19-17-28)31-14-8-3-9-15-31)34-20-21-35(36(22-34)57-26-29-10-4-1-5-11-29)43(53)50-58-27-30-12-6-2-7-13-30/h1-2,4-7,10-13,16-22,31,33H,3,8-9,14-15,23-27H2,(H,50,53). The second-order valence-electron chi connectivity index (χ2n) is 14.6. The molecule has 0 bridgehead atoms. The number of benzene rings is 5. The molecule has 2 aliphatic rings. The third-order valence-electron chi connectivity index (χ3n) is 10.6. The summed E-state index contributed by atoms with van der Waals surface area (Å²) in [6, 6.07) is 30.7. The van der Waals surface area contributed by atoms with Gasteiger partial charge in [0.2, 0.25) is 21.7 Å². The van der Waals surface area contributed by atoms with Crippen LogP contribution in [-0.2, 0) is 39.4 Å². The molecule has 0 spiro atoms. The second-order valence-corrected chi connectivity index (χ2v) is 16.5. The van der Waals surface area contributed by atoms with Crippen molar-refractivity contribution >= 4 is 27.5 Å². The van der Waals surface area contributed by atoms with E-state index in [2.05, 4.69) is 5.48 Å². The van der Waals surface area contributed by atoms with Gasteiger partial charge in [0.25, 0.3) is 5.91 Å². The zero-order chi connectivity index (χ0) is 41.7. The number of amides is 2. The van der Waals surface area contributed by atoms with Gasteiger partial charge in [-0.05, 0) is 53.1 Å². The summed E-state index contributed by atoms with van der Waals surface area (Å²) in [5, 5.41) is 0. The van der Waals surface area contributed by atoms with E-state index in [-0.39, 0.29) is 36.8 Å². The van der Waals surface area contributed by atoms with Crippen LogP contribution < -0.4 is 15.1 Å². The molecule has 9 nitrogen and oxygen atoms in total. The van der Waals surface area contributed by atoms with Crippen LogP contribution in [0.4, 0.5) is 27.6 Å². The fourth-order valence-electron chi connectivity index (χ4n) is 7.30. The number of sulfonamides is 1. The Morgan fingerprint density at radius 3 is 1.88 bits per heavy atom. The summed E-state index contributed by atoms with van der Waals surface area (Å²) in [4.78, 5) is 32.7. The van der Waals surface area contributed by atoms with Crippen LogP contribution in [0.2, 0.25) is 0 Å². The number of rotatable bonds is 14. The van der Waals surface area contributed by atoms with Crippen LogP contribution in [0.3, 0.4) is 0 Å². The lowest BCUT2D eigenvalue weighted by molar-refractivity contribution is -0.125. The maximum Gasteiger partial charge on any atom is 0.278 e. The predicted octanol–water partition coefficient (Wildman–Crippen LogP) is 8.72. The summed E-state index contributed by atoms with van der Waals surface area (Å²) in [5.41, 5.74) is 6.32. The molecule has 1 saturated carbocycles. The summed E-state index contributed by atoms with van der Waals surface area (Å²) in [5.74, 6) is -14.0. The van der Waals surface area contributed by atoms with Crippen molar-refractivity contribution in [3.05, 3.63) is 160 Å². The molecular weight excluding hydrogens is 794 g/mol. The fraction of sp³-hybridized carbons (Fsp3) is 0.273. The highest BCUT2D eigenvalue weighted by molar-refractivity contribution is 7.89. The smallest absolute Gasteiger partial charge is 0.278 e. The van der Waals surface area contributed by atoms with Gasteiger partial charge in [0.05, 0.1) is 24.6 Å². The van der Waals surface area contributed by atoms with Gasteiger partial charge in [-0.1, -0.05) is 104 Å². The van der Waals surface area contributed by atoms with Gasteiger partial charge in [0, 0.05) is 24.8 Å². The Bertz CT molecular complexity index is 2380. The first-order valence-corrected chi connectivity index (χ1v) is 20.5. The van der Waals surface area contributed by atoms with Crippen LogP contribution in [0.15, 0.2) is 108 Å². The lowest BCUT2D eigenvalue weighted by atomic mass is 9.84. The van der Waals surface area contributed by atoms with E-state index in [1.54, 1.807) is 0 Å². The number of hydroxylamine groups is 1. The Morgan fingerprint density at radius 2 is 1.27 bits per heavy atom. The molecule has 7 rings (SSSR count). The van der Waals surface area contributed by atoms with Crippen molar-refractivity contribution in [3.8, 4) is 5.75 Å². The summed E-state index contributed by atoms with van der Waals surface area (Å²) in [6.07, 6.45) is 5.66. The second kappa shape index (κ2) is 18.1. The first-order valence-electron chi connectivity index (χ1n) is 19.1. The predicted molar refractivity (Wildman–Crippen MR) is 208 cm³/mol. The third-order valence-corrected chi connectivity index (χ3v) is 12.5. The van der Waals surface area contributed by atoms with Gasteiger partial charge in [-0.15, -0.1) is 0 Å². The highest BCUT2D eigenvalue weighted by atomic mass is 32.2. The van der Waals surface area contributed by atoms with Crippen LogP contribution >= 0.6 is 0 Å². The lowest BCUT2D eigenvalue weighted by Crippen LogP contribution is -2.56. The third kappa shape index (κ3) is 9.17. The Balaban J connectivity index is 1.18. The van der Waals surface area contributed by atoms with E-state index in [1.807, 2.05) is 84.9 Å². The van der Waals surface area contributed by atoms with Crippen LogP contribution in [0.5, 0.6) is 5.75 Å². The van der Waals surface area contributed by atoms with Gasteiger partial charge in [-0.3, -0.25) is 14.4 Å². The molecule has 59 heavy (non-hydrogen) atoms. The van der Waals surface area contributed by atoms with Crippen LogP contribution in [-0.4, -0.2) is 37.6 Å². The van der Waals surface area contributed by atoms with Crippen molar-refractivity contribution < 1.29 is 49.5 Å². The molecule has 0 atom stereocenters. The Labute approximate surface area is 338 Å². The van der Waals surface area contributed by atoms with E-state index in [0.717, 1.165) is 42.4 Å². The number of ether oxygens (including phenoxy) is 1. The minimum Gasteiger partial charge on any atom is -0.488 e. The van der Waals surface area contributed by atoms with Crippen LogP contribution in [0.25, 0.3) is 0 Å². The van der Waals surface area contributed by atoms with Gasteiger partial charge in [-0.25, -0.2) is 35.8 Å². The summed E-state index contributed by atoms with van der Waals surface area (Å²) in [7, 11) is -5.25. The minimum absolute atomic E-state index is 0.00543. The number of nitrogens with one attached hydrogen (secondary N) is 1. The molecule has 0 radical (unpaired) electrons. The van der Waals surface area contributed by atoms with Gasteiger partial charge in [-0.2, -0.15) is 4.31 Å². The monoisotopic (exact) mass is 833 g/mol. The van der Waals surface area contributed by atoms with E-state index in [9.17, 15) is 40.0 Å². The summed E-state index contributed by atoms with van der Waals surface area (Å²) >= 11 is 0. The Morgan fingerprint density at radius 1 is 0.695 bits per heavy atom. The van der Waals surface area contributed by atoms with E-state index in [0.29, 0.717) is 10.2 Å². The SMILES string of the molecule is O=C(NOCc1ccccc1)c1ccc(N(Cc2ccc(C3CCCCC3)cc2)C(=O)C2CN(S(=O)(=O)c3c(F)c(F)c(F)c(F)c3F)C2)cc1OCc1ccccc1. The van der Waals surface area contributed by atoms with Crippen LogP contribution in [0.1, 0.15) is 70.6 Å². The molecule has 0 unspecified atom stereocenters. The average molecular weight is 834 g/mol. The number of carbonyl (C=O) groups is 2. The number of carbonyl (C=O) groups excluding carboxylic acids is 2. The number of anilines is 1. The minimum atomic E-state index is -5.25. The highest BCUT2D eigenvalue weighted by Gasteiger charge is 2.46. The van der Waals surface area contributed by atoms with Gasteiger partial charge in [0.1, 0.15) is 12.4 Å². The summed E-state index contributed by atoms with van der Waals surface area (Å²) in [6.45, 7) is -1.07. The molecule has 1 saturated heterocycles. The fourth-order valence-corrected chi connectivity index (χ4v) is 8.94. The molecule has 2 fully saturated rings. The van der Waals surface area contributed by atoms with E-state index >= 15 is 0 Å². The van der Waals surface area contributed by atoms with Crippen LogP contribution in [0, 0.1) is 35.0 Å². The normalized spacial score (nSPS) is 15.1. The summed E-state index contributed by atoms with van der Waals surface area (Å²) < 4.78 is 104. The van der Waals surface area contributed by atoms with Crippen molar-refractivity contribution in [2.24, 2.45) is 5.92 Å². The van der Waals surface area contributed by atoms with E-state index in [1.165, 1.54) is 35.1 Å². The van der Waals surface area contributed by atoms with Crippen molar-refractivity contribution in [3.63, 3.8) is 0 Å². The van der Waals surface area contributed by atoms with E-state index in [4.69, 9.17) is 9.57 Å².